The number of aromatic amines is 1. The van der Waals surface area contributed by atoms with Crippen molar-refractivity contribution >= 4 is 22.8 Å². The quantitative estimate of drug-likeness (QED) is 0.771. The summed E-state index contributed by atoms with van der Waals surface area (Å²) in [4.78, 5) is 8.99. The molecule has 0 radical (unpaired) electrons. The van der Waals surface area contributed by atoms with E-state index in [1.54, 1.807) is 6.20 Å². The van der Waals surface area contributed by atoms with Crippen molar-refractivity contribution in [1.82, 2.24) is 20.2 Å². The first-order valence-electron chi connectivity index (χ1n) is 7.01. The summed E-state index contributed by atoms with van der Waals surface area (Å²) in [6, 6.07) is 0. The van der Waals surface area contributed by atoms with Crippen molar-refractivity contribution in [3.8, 4) is 0 Å². The second-order valence-corrected chi connectivity index (χ2v) is 5.44. The lowest BCUT2D eigenvalue weighted by Crippen LogP contribution is -2.35. The maximum Gasteiger partial charge on any atom is 0.226 e. The molecular formula is C13H20N6O. The number of nitrogens with zero attached hydrogens (tertiary/aromatic N) is 3. The van der Waals surface area contributed by atoms with E-state index in [-0.39, 0.29) is 5.54 Å². The average molecular weight is 276 g/mol. The third-order valence-corrected chi connectivity index (χ3v) is 3.48. The summed E-state index contributed by atoms with van der Waals surface area (Å²) >= 11 is 0. The molecule has 0 spiro atoms. The summed E-state index contributed by atoms with van der Waals surface area (Å²) in [6.07, 6.45) is 3.74. The van der Waals surface area contributed by atoms with Gasteiger partial charge in [0.15, 0.2) is 5.65 Å². The number of nitrogens with one attached hydrogen (secondary N) is 3. The second kappa shape index (κ2) is 5.24. The van der Waals surface area contributed by atoms with Crippen LogP contribution < -0.4 is 10.6 Å². The van der Waals surface area contributed by atoms with Crippen LogP contribution in [0.15, 0.2) is 6.20 Å². The van der Waals surface area contributed by atoms with Gasteiger partial charge in [-0.3, -0.25) is 5.10 Å². The monoisotopic (exact) mass is 276 g/mol. The Bertz CT molecular complexity index is 590. The molecule has 2 aromatic rings. The molecule has 7 nitrogen and oxygen atoms in total. The van der Waals surface area contributed by atoms with Gasteiger partial charge in [-0.25, -0.2) is 0 Å². The standard InChI is InChI=1S/C13H20N6O/c1-3-5-14-12-16-10(9-7-15-19-11(9)17-12)18-13(2)4-6-20-8-13/h7H,3-6,8H2,1-2H3,(H3,14,15,16,17,18,19). The molecule has 0 saturated carbocycles. The molecule has 1 aliphatic heterocycles. The summed E-state index contributed by atoms with van der Waals surface area (Å²) in [6.45, 7) is 6.57. The maximum atomic E-state index is 5.48. The van der Waals surface area contributed by atoms with Crippen LogP contribution in [0.3, 0.4) is 0 Å². The topological polar surface area (TPSA) is 87.8 Å². The highest BCUT2D eigenvalue weighted by atomic mass is 16.5. The van der Waals surface area contributed by atoms with Gasteiger partial charge in [0.2, 0.25) is 5.95 Å². The minimum absolute atomic E-state index is 0.0828. The van der Waals surface area contributed by atoms with Crippen LogP contribution in [0.5, 0.6) is 0 Å². The Kier molecular flexibility index (Phi) is 3.43. The minimum atomic E-state index is -0.0828. The van der Waals surface area contributed by atoms with E-state index < -0.39 is 0 Å². The third-order valence-electron chi connectivity index (χ3n) is 3.48. The van der Waals surface area contributed by atoms with Gasteiger partial charge in [0.05, 0.1) is 23.7 Å². The second-order valence-electron chi connectivity index (χ2n) is 5.44. The fraction of sp³-hybridized carbons (Fsp3) is 0.615. The first-order valence-corrected chi connectivity index (χ1v) is 7.01. The number of rotatable bonds is 5. The molecule has 3 N–H and O–H groups in total. The van der Waals surface area contributed by atoms with Crippen molar-refractivity contribution in [2.75, 3.05) is 30.4 Å². The Hall–Kier alpha value is -1.89. The van der Waals surface area contributed by atoms with Crippen molar-refractivity contribution in [2.24, 2.45) is 0 Å². The molecule has 20 heavy (non-hydrogen) atoms. The lowest BCUT2D eigenvalue weighted by molar-refractivity contribution is 0.185. The van der Waals surface area contributed by atoms with Crippen molar-refractivity contribution in [3.05, 3.63) is 6.20 Å². The van der Waals surface area contributed by atoms with Crippen molar-refractivity contribution in [2.45, 2.75) is 32.2 Å². The molecule has 1 atom stereocenters. The molecule has 7 heteroatoms. The van der Waals surface area contributed by atoms with Crippen LogP contribution in [0.2, 0.25) is 0 Å². The molecule has 1 saturated heterocycles. The molecule has 1 aliphatic rings. The number of aromatic nitrogens is 4. The highest BCUT2D eigenvalue weighted by Crippen LogP contribution is 2.27. The predicted molar refractivity (Wildman–Crippen MR) is 77.9 cm³/mol. The molecule has 0 amide bonds. The Morgan fingerprint density at radius 3 is 3.10 bits per heavy atom. The van der Waals surface area contributed by atoms with Gasteiger partial charge < -0.3 is 15.4 Å². The molecule has 108 valence electrons. The molecule has 3 heterocycles. The fourth-order valence-corrected chi connectivity index (χ4v) is 2.30. The molecule has 0 bridgehead atoms. The number of H-pyrrole nitrogens is 1. The number of hydrogen-bond donors (Lipinski definition) is 3. The van der Waals surface area contributed by atoms with Gasteiger partial charge in [0, 0.05) is 13.2 Å². The smallest absolute Gasteiger partial charge is 0.226 e. The summed E-state index contributed by atoms with van der Waals surface area (Å²) in [7, 11) is 0. The van der Waals surface area contributed by atoms with E-state index in [1.165, 1.54) is 0 Å². The van der Waals surface area contributed by atoms with Gasteiger partial charge in [-0.15, -0.1) is 0 Å². The number of hydrogen-bond acceptors (Lipinski definition) is 6. The molecule has 0 aliphatic carbocycles. The Balaban J connectivity index is 1.92. The van der Waals surface area contributed by atoms with E-state index in [0.717, 1.165) is 42.8 Å². The van der Waals surface area contributed by atoms with Crippen LogP contribution in [0, 0.1) is 0 Å². The lowest BCUT2D eigenvalue weighted by atomic mass is 10.0. The summed E-state index contributed by atoms with van der Waals surface area (Å²) in [5.41, 5.74) is 0.657. The van der Waals surface area contributed by atoms with E-state index in [9.17, 15) is 0 Å². The van der Waals surface area contributed by atoms with Crippen LogP contribution in [0.1, 0.15) is 26.7 Å². The normalized spacial score (nSPS) is 22.3. The van der Waals surface area contributed by atoms with Gasteiger partial charge in [0.1, 0.15) is 5.82 Å². The van der Waals surface area contributed by atoms with Crippen LogP contribution in [-0.4, -0.2) is 45.5 Å². The highest BCUT2D eigenvalue weighted by molar-refractivity contribution is 5.87. The minimum Gasteiger partial charge on any atom is -0.379 e. The SMILES string of the molecule is CCCNc1nc(NC2(C)CCOC2)c2cn[nH]c2n1. The highest BCUT2D eigenvalue weighted by Gasteiger charge is 2.30. The zero-order chi connectivity index (χ0) is 14.0. The van der Waals surface area contributed by atoms with Gasteiger partial charge in [-0.2, -0.15) is 15.1 Å². The molecule has 1 unspecified atom stereocenters. The first-order chi connectivity index (χ1) is 9.70. The Morgan fingerprint density at radius 1 is 1.45 bits per heavy atom. The van der Waals surface area contributed by atoms with Crippen molar-refractivity contribution in [1.29, 1.82) is 0 Å². The van der Waals surface area contributed by atoms with E-state index in [2.05, 4.69) is 44.6 Å². The largest absolute Gasteiger partial charge is 0.379 e. The summed E-state index contributed by atoms with van der Waals surface area (Å²) in [5, 5.41) is 14.6. The Morgan fingerprint density at radius 2 is 2.35 bits per heavy atom. The molecule has 2 aromatic heterocycles. The van der Waals surface area contributed by atoms with Gasteiger partial charge >= 0.3 is 0 Å². The van der Waals surface area contributed by atoms with E-state index in [1.807, 2.05) is 0 Å². The third kappa shape index (κ3) is 2.53. The molecule has 3 rings (SSSR count). The molecule has 1 fully saturated rings. The van der Waals surface area contributed by atoms with Crippen LogP contribution in [-0.2, 0) is 4.74 Å². The van der Waals surface area contributed by atoms with Crippen LogP contribution in [0.4, 0.5) is 11.8 Å². The zero-order valence-electron chi connectivity index (χ0n) is 11.9. The van der Waals surface area contributed by atoms with E-state index in [4.69, 9.17) is 4.74 Å². The number of fused-ring (bicyclic) bond motifs is 1. The lowest BCUT2D eigenvalue weighted by Gasteiger charge is -2.24. The molecule has 0 aromatic carbocycles. The summed E-state index contributed by atoms with van der Waals surface area (Å²) < 4.78 is 5.48. The van der Waals surface area contributed by atoms with Crippen LogP contribution in [0.25, 0.3) is 11.0 Å². The fourth-order valence-electron chi connectivity index (χ4n) is 2.30. The van der Waals surface area contributed by atoms with Crippen molar-refractivity contribution in [3.63, 3.8) is 0 Å². The van der Waals surface area contributed by atoms with Crippen molar-refractivity contribution < 1.29 is 4.74 Å². The van der Waals surface area contributed by atoms with E-state index in [0.29, 0.717) is 12.6 Å². The van der Waals surface area contributed by atoms with Gasteiger partial charge in [0.25, 0.3) is 0 Å². The van der Waals surface area contributed by atoms with Gasteiger partial charge in [-0.1, -0.05) is 6.92 Å². The van der Waals surface area contributed by atoms with Crippen LogP contribution >= 0.6 is 0 Å². The van der Waals surface area contributed by atoms with Gasteiger partial charge in [-0.05, 0) is 19.8 Å². The average Bonchev–Trinajstić information content (AvgIpc) is 3.05. The number of ether oxygens (including phenoxy) is 1. The van der Waals surface area contributed by atoms with E-state index >= 15 is 0 Å². The predicted octanol–water partition coefficient (Wildman–Crippen LogP) is 1.77. The molecular weight excluding hydrogens is 256 g/mol. The first kappa shape index (κ1) is 13.1. The Labute approximate surface area is 117 Å². The number of anilines is 2. The zero-order valence-corrected chi connectivity index (χ0v) is 11.9. The summed E-state index contributed by atoms with van der Waals surface area (Å²) in [5.74, 6) is 1.42. The maximum absolute atomic E-state index is 5.48.